The predicted molar refractivity (Wildman–Crippen MR) is 105 cm³/mol. The normalized spacial score (nSPS) is 13.4. The minimum Gasteiger partial charge on any atom is -0.369 e. The van der Waals surface area contributed by atoms with Crippen molar-refractivity contribution in [3.8, 4) is 11.3 Å². The van der Waals surface area contributed by atoms with E-state index in [1.54, 1.807) is 0 Å². The van der Waals surface area contributed by atoms with Gasteiger partial charge in [0, 0.05) is 41.7 Å². The molecule has 1 aliphatic heterocycles. The van der Waals surface area contributed by atoms with Crippen molar-refractivity contribution in [2.24, 2.45) is 0 Å². The Balaban J connectivity index is 1.92. The van der Waals surface area contributed by atoms with Crippen LogP contribution in [-0.4, -0.2) is 23.6 Å². The number of hydrogen-bond acceptors (Lipinski definition) is 3. The van der Waals surface area contributed by atoms with Crippen LogP contribution in [0.15, 0.2) is 66.9 Å². The Hall–Kier alpha value is -3.20. The third-order valence-corrected chi connectivity index (χ3v) is 4.84. The molecular formula is C22H17N3. The van der Waals surface area contributed by atoms with Crippen molar-refractivity contribution in [2.45, 2.75) is 0 Å². The Labute approximate surface area is 146 Å². The van der Waals surface area contributed by atoms with Crippen molar-refractivity contribution in [3.63, 3.8) is 0 Å². The van der Waals surface area contributed by atoms with Crippen LogP contribution in [0.2, 0.25) is 0 Å². The number of rotatable bonds is 1. The third kappa shape index (κ3) is 2.13. The summed E-state index contributed by atoms with van der Waals surface area (Å²) in [5.74, 6) is 0. The summed E-state index contributed by atoms with van der Waals surface area (Å²) < 4.78 is 0. The highest BCUT2D eigenvalue weighted by atomic mass is 15.1. The van der Waals surface area contributed by atoms with Crippen molar-refractivity contribution >= 4 is 33.6 Å². The summed E-state index contributed by atoms with van der Waals surface area (Å²) in [6.45, 7) is 0.891. The minimum atomic E-state index is 0.891. The summed E-state index contributed by atoms with van der Waals surface area (Å²) >= 11 is 0. The molecule has 0 amide bonds. The van der Waals surface area contributed by atoms with E-state index in [-0.39, 0.29) is 0 Å². The lowest BCUT2D eigenvalue weighted by Crippen LogP contribution is -2.21. The lowest BCUT2D eigenvalue weighted by atomic mass is 9.97. The SMILES string of the molecule is CN1CC=Cc2c1c1ncccc1c1ccc(-c3ccccc3)nc21. The number of nitrogens with zero attached hydrogens (tertiary/aromatic N) is 3. The molecule has 0 atom stereocenters. The second-order valence-corrected chi connectivity index (χ2v) is 6.40. The number of fused-ring (bicyclic) bond motifs is 6. The topological polar surface area (TPSA) is 29.0 Å². The monoisotopic (exact) mass is 323 g/mol. The first-order chi connectivity index (χ1) is 12.3. The van der Waals surface area contributed by atoms with E-state index >= 15 is 0 Å². The van der Waals surface area contributed by atoms with Gasteiger partial charge < -0.3 is 4.90 Å². The molecule has 0 aliphatic carbocycles. The fourth-order valence-corrected chi connectivity index (χ4v) is 3.67. The predicted octanol–water partition coefficient (Wildman–Crippen LogP) is 4.91. The molecule has 2 aromatic heterocycles. The molecule has 3 nitrogen and oxygen atoms in total. The van der Waals surface area contributed by atoms with Crippen LogP contribution in [-0.2, 0) is 0 Å². The highest BCUT2D eigenvalue weighted by Crippen LogP contribution is 2.39. The van der Waals surface area contributed by atoms with Crippen molar-refractivity contribution < 1.29 is 0 Å². The van der Waals surface area contributed by atoms with Gasteiger partial charge in [-0.05, 0) is 18.2 Å². The van der Waals surface area contributed by atoms with E-state index < -0.39 is 0 Å². The largest absolute Gasteiger partial charge is 0.369 e. The van der Waals surface area contributed by atoms with Crippen LogP contribution < -0.4 is 4.90 Å². The highest BCUT2D eigenvalue weighted by Gasteiger charge is 2.20. The Morgan fingerprint density at radius 1 is 0.880 bits per heavy atom. The third-order valence-electron chi connectivity index (χ3n) is 4.84. The van der Waals surface area contributed by atoms with E-state index in [4.69, 9.17) is 4.98 Å². The van der Waals surface area contributed by atoms with Gasteiger partial charge in [-0.15, -0.1) is 0 Å². The quantitative estimate of drug-likeness (QED) is 0.466. The Bertz CT molecular complexity index is 1130. The number of aromatic nitrogens is 2. The molecule has 120 valence electrons. The molecule has 1 aliphatic rings. The maximum atomic E-state index is 5.04. The van der Waals surface area contributed by atoms with E-state index in [0.717, 1.165) is 45.2 Å². The first-order valence-corrected chi connectivity index (χ1v) is 8.47. The van der Waals surface area contributed by atoms with Crippen molar-refractivity contribution in [3.05, 3.63) is 72.4 Å². The fraction of sp³-hybridized carbons (Fsp3) is 0.0909. The van der Waals surface area contributed by atoms with Gasteiger partial charge in [-0.3, -0.25) is 4.98 Å². The average molecular weight is 323 g/mol. The van der Waals surface area contributed by atoms with Gasteiger partial charge in [-0.1, -0.05) is 48.6 Å². The Kier molecular flexibility index (Phi) is 3.07. The van der Waals surface area contributed by atoms with Crippen molar-refractivity contribution in [1.29, 1.82) is 0 Å². The molecule has 3 heteroatoms. The van der Waals surface area contributed by atoms with Gasteiger partial charge in [0.15, 0.2) is 0 Å². The standard InChI is InChI=1S/C22H17N3/c1-25-14-6-10-18-20-17(16-9-5-13-23-21(16)22(18)25)11-12-19(24-20)15-7-3-2-4-8-15/h2-13H,14H2,1H3. The molecule has 0 saturated heterocycles. The first-order valence-electron chi connectivity index (χ1n) is 8.47. The molecule has 5 rings (SSSR count). The summed E-state index contributed by atoms with van der Waals surface area (Å²) in [5.41, 5.74) is 6.56. The first kappa shape index (κ1) is 14.2. The van der Waals surface area contributed by atoms with Crippen LogP contribution in [0.25, 0.3) is 39.1 Å². The number of pyridine rings is 2. The number of hydrogen-bond donors (Lipinski definition) is 0. The summed E-state index contributed by atoms with van der Waals surface area (Å²) in [7, 11) is 2.11. The zero-order chi connectivity index (χ0) is 16.8. The van der Waals surface area contributed by atoms with Crippen LogP contribution >= 0.6 is 0 Å². The molecule has 4 aromatic rings. The number of likely N-dealkylation sites (N-methyl/N-ethyl adjacent to an activating group) is 1. The van der Waals surface area contributed by atoms with Crippen LogP contribution in [0.4, 0.5) is 5.69 Å². The minimum absolute atomic E-state index is 0.891. The van der Waals surface area contributed by atoms with Crippen LogP contribution in [0.3, 0.4) is 0 Å². The van der Waals surface area contributed by atoms with Crippen LogP contribution in [0.5, 0.6) is 0 Å². The molecule has 25 heavy (non-hydrogen) atoms. The molecule has 0 N–H and O–H groups in total. The molecule has 0 spiro atoms. The summed E-state index contributed by atoms with van der Waals surface area (Å²) in [5, 5.41) is 2.31. The molecule has 0 bridgehead atoms. The second kappa shape index (κ2) is 5.42. The fourth-order valence-electron chi connectivity index (χ4n) is 3.67. The number of anilines is 1. The summed E-state index contributed by atoms with van der Waals surface area (Å²) in [6, 6.07) is 18.8. The lowest BCUT2D eigenvalue weighted by Gasteiger charge is -2.26. The molecule has 3 heterocycles. The smallest absolute Gasteiger partial charge is 0.0949 e. The van der Waals surface area contributed by atoms with E-state index in [2.05, 4.69) is 71.5 Å². The van der Waals surface area contributed by atoms with Gasteiger partial charge in [-0.2, -0.15) is 0 Å². The zero-order valence-corrected chi connectivity index (χ0v) is 14.0. The zero-order valence-electron chi connectivity index (χ0n) is 14.0. The number of benzene rings is 2. The van der Waals surface area contributed by atoms with Crippen molar-refractivity contribution in [2.75, 3.05) is 18.5 Å². The maximum absolute atomic E-state index is 5.04. The van der Waals surface area contributed by atoms with Gasteiger partial charge in [0.05, 0.1) is 22.4 Å². The van der Waals surface area contributed by atoms with E-state index in [1.807, 2.05) is 18.3 Å². The van der Waals surface area contributed by atoms with Gasteiger partial charge in [0.25, 0.3) is 0 Å². The van der Waals surface area contributed by atoms with Crippen LogP contribution in [0.1, 0.15) is 5.56 Å². The molecule has 0 unspecified atom stereocenters. The van der Waals surface area contributed by atoms with E-state index in [1.165, 1.54) is 5.69 Å². The second-order valence-electron chi connectivity index (χ2n) is 6.40. The molecule has 0 saturated carbocycles. The molecule has 0 fully saturated rings. The van der Waals surface area contributed by atoms with Crippen LogP contribution in [0, 0.1) is 0 Å². The van der Waals surface area contributed by atoms with Gasteiger partial charge >= 0.3 is 0 Å². The molecule has 2 aromatic carbocycles. The maximum Gasteiger partial charge on any atom is 0.0949 e. The molecule has 0 radical (unpaired) electrons. The summed E-state index contributed by atoms with van der Waals surface area (Å²) in [6.07, 6.45) is 6.24. The van der Waals surface area contributed by atoms with E-state index in [9.17, 15) is 0 Å². The lowest BCUT2D eigenvalue weighted by molar-refractivity contribution is 1.02. The van der Waals surface area contributed by atoms with Crippen molar-refractivity contribution in [1.82, 2.24) is 9.97 Å². The van der Waals surface area contributed by atoms with Gasteiger partial charge in [-0.25, -0.2) is 4.98 Å². The Morgan fingerprint density at radius 2 is 1.72 bits per heavy atom. The van der Waals surface area contributed by atoms with Gasteiger partial charge in [0.1, 0.15) is 0 Å². The highest BCUT2D eigenvalue weighted by molar-refractivity contribution is 6.15. The Morgan fingerprint density at radius 3 is 2.60 bits per heavy atom. The van der Waals surface area contributed by atoms with E-state index in [0.29, 0.717) is 0 Å². The van der Waals surface area contributed by atoms with Gasteiger partial charge in [0.2, 0.25) is 0 Å². The average Bonchev–Trinajstić information content (AvgIpc) is 2.68. The summed E-state index contributed by atoms with van der Waals surface area (Å²) in [4.78, 5) is 12.0. The molecular weight excluding hydrogens is 306 g/mol.